The van der Waals surface area contributed by atoms with Crippen molar-refractivity contribution in [3.05, 3.63) is 35.6 Å². The van der Waals surface area contributed by atoms with Crippen LogP contribution in [-0.4, -0.2) is 54.5 Å². The SMILES string of the molecule is C[C@H](CC(=O)c1ccc(F)cc1)NC(=O)C1(N2CCOCC2)CCC1. The summed E-state index contributed by atoms with van der Waals surface area (Å²) in [6.45, 7) is 4.71. The van der Waals surface area contributed by atoms with Crippen molar-refractivity contribution in [3.63, 3.8) is 0 Å². The summed E-state index contributed by atoms with van der Waals surface area (Å²) in [6, 6.07) is 5.25. The van der Waals surface area contributed by atoms with Crippen LogP contribution in [0.15, 0.2) is 24.3 Å². The summed E-state index contributed by atoms with van der Waals surface area (Å²) in [5.41, 5.74) is 0.0331. The van der Waals surface area contributed by atoms with Crippen molar-refractivity contribution in [2.75, 3.05) is 26.3 Å². The van der Waals surface area contributed by atoms with E-state index in [-0.39, 0.29) is 30.0 Å². The van der Waals surface area contributed by atoms with Gasteiger partial charge in [-0.15, -0.1) is 0 Å². The molecule has 0 bridgehead atoms. The molecule has 25 heavy (non-hydrogen) atoms. The zero-order valence-corrected chi connectivity index (χ0v) is 14.6. The fraction of sp³-hybridized carbons (Fsp3) is 0.579. The zero-order chi connectivity index (χ0) is 17.9. The van der Waals surface area contributed by atoms with Crippen LogP contribution in [-0.2, 0) is 9.53 Å². The molecule has 1 N–H and O–H groups in total. The first kappa shape index (κ1) is 18.0. The van der Waals surface area contributed by atoms with E-state index >= 15 is 0 Å². The second kappa shape index (κ2) is 7.62. The van der Waals surface area contributed by atoms with Gasteiger partial charge in [-0.05, 0) is 50.5 Å². The van der Waals surface area contributed by atoms with Crippen molar-refractivity contribution in [2.24, 2.45) is 0 Å². The van der Waals surface area contributed by atoms with E-state index in [1.807, 2.05) is 6.92 Å². The number of nitrogens with zero attached hydrogens (tertiary/aromatic N) is 1. The van der Waals surface area contributed by atoms with Gasteiger partial charge in [0.2, 0.25) is 5.91 Å². The third kappa shape index (κ3) is 3.90. The number of ether oxygens (including phenoxy) is 1. The number of hydrogen-bond donors (Lipinski definition) is 1. The van der Waals surface area contributed by atoms with E-state index < -0.39 is 5.54 Å². The van der Waals surface area contributed by atoms with E-state index in [4.69, 9.17) is 4.74 Å². The van der Waals surface area contributed by atoms with Crippen molar-refractivity contribution in [1.82, 2.24) is 10.2 Å². The quantitative estimate of drug-likeness (QED) is 0.801. The lowest BCUT2D eigenvalue weighted by atomic mass is 9.74. The summed E-state index contributed by atoms with van der Waals surface area (Å²) >= 11 is 0. The Morgan fingerprint density at radius 1 is 1.24 bits per heavy atom. The number of halogens is 1. The third-order valence-corrected chi connectivity index (χ3v) is 5.26. The molecule has 3 rings (SSSR count). The molecule has 0 unspecified atom stereocenters. The Hall–Kier alpha value is -1.79. The summed E-state index contributed by atoms with van der Waals surface area (Å²) in [6.07, 6.45) is 2.97. The van der Waals surface area contributed by atoms with Gasteiger partial charge >= 0.3 is 0 Å². The second-order valence-corrected chi connectivity index (χ2v) is 6.99. The van der Waals surface area contributed by atoms with Crippen molar-refractivity contribution < 1.29 is 18.7 Å². The number of hydrogen-bond acceptors (Lipinski definition) is 4. The molecular formula is C19H25FN2O3. The number of morpholine rings is 1. The van der Waals surface area contributed by atoms with Gasteiger partial charge in [0.05, 0.1) is 13.2 Å². The molecule has 5 nitrogen and oxygen atoms in total. The summed E-state index contributed by atoms with van der Waals surface area (Å²) in [7, 11) is 0. The van der Waals surface area contributed by atoms with Gasteiger partial charge in [-0.25, -0.2) is 4.39 Å². The number of Topliss-reactive ketones (excluding diaryl/α,β-unsaturated/α-hetero) is 1. The van der Waals surface area contributed by atoms with E-state index in [1.54, 1.807) is 0 Å². The van der Waals surface area contributed by atoms with Gasteiger partial charge in [-0.1, -0.05) is 0 Å². The molecular weight excluding hydrogens is 323 g/mol. The molecule has 2 aliphatic rings. The molecule has 0 radical (unpaired) electrons. The Balaban J connectivity index is 1.57. The smallest absolute Gasteiger partial charge is 0.240 e. The van der Waals surface area contributed by atoms with Gasteiger partial charge in [0.25, 0.3) is 0 Å². The van der Waals surface area contributed by atoms with E-state index in [0.29, 0.717) is 18.8 Å². The molecule has 0 aromatic heterocycles. The number of benzene rings is 1. The predicted octanol–water partition coefficient (Wildman–Crippen LogP) is 2.16. The highest BCUT2D eigenvalue weighted by molar-refractivity contribution is 5.97. The van der Waals surface area contributed by atoms with Crippen LogP contribution in [0.5, 0.6) is 0 Å². The van der Waals surface area contributed by atoms with Gasteiger partial charge in [0.15, 0.2) is 5.78 Å². The highest BCUT2D eigenvalue weighted by Crippen LogP contribution is 2.38. The van der Waals surface area contributed by atoms with E-state index in [0.717, 1.165) is 32.4 Å². The minimum atomic E-state index is -0.434. The first-order valence-corrected chi connectivity index (χ1v) is 8.94. The number of carbonyl (C=O) groups excluding carboxylic acids is 2. The van der Waals surface area contributed by atoms with Crippen LogP contribution in [0, 0.1) is 5.82 Å². The average Bonchev–Trinajstić information content (AvgIpc) is 2.55. The summed E-state index contributed by atoms with van der Waals surface area (Å²) in [5, 5.41) is 3.02. The fourth-order valence-corrected chi connectivity index (χ4v) is 3.63. The normalized spacial score (nSPS) is 21.2. The second-order valence-electron chi connectivity index (χ2n) is 6.99. The molecule has 1 saturated carbocycles. The number of amides is 1. The Bertz CT molecular complexity index is 622. The minimum absolute atomic E-state index is 0.0139. The number of ketones is 1. The van der Waals surface area contributed by atoms with Gasteiger partial charge in [0.1, 0.15) is 11.4 Å². The Morgan fingerprint density at radius 3 is 2.44 bits per heavy atom. The molecule has 1 amide bonds. The molecule has 1 aliphatic heterocycles. The lowest BCUT2D eigenvalue weighted by Crippen LogP contribution is -2.65. The molecule has 136 valence electrons. The maximum Gasteiger partial charge on any atom is 0.240 e. The maximum absolute atomic E-state index is 13.0. The fourth-order valence-electron chi connectivity index (χ4n) is 3.63. The number of rotatable bonds is 6. The topological polar surface area (TPSA) is 58.6 Å². The molecule has 1 atom stereocenters. The third-order valence-electron chi connectivity index (χ3n) is 5.26. The number of carbonyl (C=O) groups is 2. The molecule has 0 spiro atoms. The highest BCUT2D eigenvalue weighted by Gasteiger charge is 2.49. The average molecular weight is 348 g/mol. The molecule has 1 heterocycles. The lowest BCUT2D eigenvalue weighted by molar-refractivity contribution is -0.145. The van der Waals surface area contributed by atoms with Crippen LogP contribution < -0.4 is 5.32 Å². The van der Waals surface area contributed by atoms with Crippen molar-refractivity contribution >= 4 is 11.7 Å². The van der Waals surface area contributed by atoms with Gasteiger partial charge in [0, 0.05) is 31.1 Å². The van der Waals surface area contributed by atoms with E-state index in [2.05, 4.69) is 10.2 Å². The molecule has 1 saturated heterocycles. The first-order chi connectivity index (χ1) is 12.0. The van der Waals surface area contributed by atoms with Crippen molar-refractivity contribution in [3.8, 4) is 0 Å². The maximum atomic E-state index is 13.0. The standard InChI is InChI=1S/C19H25FN2O3/c1-14(13-17(23)15-3-5-16(20)6-4-15)21-18(24)19(7-2-8-19)22-9-11-25-12-10-22/h3-6,14H,2,7-13H2,1H3,(H,21,24)/t14-/m1/s1. The Labute approximate surface area is 147 Å². The summed E-state index contributed by atoms with van der Waals surface area (Å²) in [5.74, 6) is -0.447. The lowest BCUT2D eigenvalue weighted by Gasteiger charge is -2.50. The molecule has 1 aliphatic carbocycles. The Kier molecular flexibility index (Phi) is 5.49. The largest absolute Gasteiger partial charge is 0.379 e. The molecule has 1 aromatic rings. The van der Waals surface area contributed by atoms with Crippen LogP contribution in [0.4, 0.5) is 4.39 Å². The van der Waals surface area contributed by atoms with E-state index in [9.17, 15) is 14.0 Å². The van der Waals surface area contributed by atoms with Crippen LogP contribution in [0.1, 0.15) is 43.0 Å². The van der Waals surface area contributed by atoms with Crippen molar-refractivity contribution in [1.29, 1.82) is 0 Å². The van der Waals surface area contributed by atoms with Crippen molar-refractivity contribution in [2.45, 2.75) is 44.2 Å². The number of nitrogens with one attached hydrogen (secondary N) is 1. The highest BCUT2D eigenvalue weighted by atomic mass is 19.1. The Morgan fingerprint density at radius 2 is 1.88 bits per heavy atom. The summed E-state index contributed by atoms with van der Waals surface area (Å²) < 4.78 is 18.3. The zero-order valence-electron chi connectivity index (χ0n) is 14.6. The van der Waals surface area contributed by atoms with Gasteiger partial charge in [-0.3, -0.25) is 14.5 Å². The molecule has 2 fully saturated rings. The first-order valence-electron chi connectivity index (χ1n) is 8.94. The van der Waals surface area contributed by atoms with Crippen LogP contribution in [0.3, 0.4) is 0 Å². The van der Waals surface area contributed by atoms with E-state index in [1.165, 1.54) is 24.3 Å². The monoisotopic (exact) mass is 348 g/mol. The summed E-state index contributed by atoms with van der Waals surface area (Å²) in [4.78, 5) is 27.4. The minimum Gasteiger partial charge on any atom is -0.379 e. The molecule has 1 aromatic carbocycles. The van der Waals surface area contributed by atoms with Crippen LogP contribution in [0.25, 0.3) is 0 Å². The van der Waals surface area contributed by atoms with Crippen LogP contribution >= 0.6 is 0 Å². The van der Waals surface area contributed by atoms with Gasteiger partial charge < -0.3 is 10.1 Å². The predicted molar refractivity (Wildman–Crippen MR) is 91.9 cm³/mol. The van der Waals surface area contributed by atoms with Gasteiger partial charge in [-0.2, -0.15) is 0 Å². The van der Waals surface area contributed by atoms with Crippen LogP contribution in [0.2, 0.25) is 0 Å². The molecule has 6 heteroatoms.